The Kier molecular flexibility index (Phi) is 4.06. The molecule has 1 amide bonds. The Bertz CT molecular complexity index is 413. The number of carbonyl (C=O) groups excluding carboxylic acids is 1. The second kappa shape index (κ2) is 5.32. The van der Waals surface area contributed by atoms with Gasteiger partial charge in [0.1, 0.15) is 5.82 Å². The van der Waals surface area contributed by atoms with Crippen LogP contribution < -0.4 is 5.32 Å². The quantitative estimate of drug-likeness (QED) is 0.631. The van der Waals surface area contributed by atoms with Crippen molar-refractivity contribution in [1.29, 1.82) is 5.39 Å². The number of anilines is 1. The van der Waals surface area contributed by atoms with E-state index < -0.39 is 0 Å². The summed E-state index contributed by atoms with van der Waals surface area (Å²) in [6, 6.07) is 3.20. The summed E-state index contributed by atoms with van der Waals surface area (Å²) in [6.07, 6.45) is 0. The molecule has 1 heterocycles. The predicted molar refractivity (Wildman–Crippen MR) is 59.7 cm³/mol. The van der Waals surface area contributed by atoms with Crippen molar-refractivity contribution in [2.24, 2.45) is 0 Å². The molecule has 5 nitrogen and oxygen atoms in total. The summed E-state index contributed by atoms with van der Waals surface area (Å²) in [5, 5.41) is 11.9. The van der Waals surface area contributed by atoms with Gasteiger partial charge in [0, 0.05) is 13.0 Å². The van der Waals surface area contributed by atoms with E-state index in [1.165, 1.54) is 18.7 Å². The second-order valence-corrected chi connectivity index (χ2v) is 3.99. The normalized spacial score (nSPS) is 9.40. The number of aromatic nitrogens is 1. The van der Waals surface area contributed by atoms with E-state index in [1.807, 2.05) is 6.92 Å². The van der Waals surface area contributed by atoms with E-state index >= 15 is 0 Å². The van der Waals surface area contributed by atoms with Crippen molar-refractivity contribution >= 4 is 29.2 Å². The highest BCUT2D eigenvalue weighted by Crippen LogP contribution is 2.28. The Morgan fingerprint density at radius 3 is 2.93 bits per heavy atom. The first-order chi connectivity index (χ1) is 7.17. The molecule has 0 unspecified atom stereocenters. The fourth-order valence-electron chi connectivity index (χ4n) is 1.00. The van der Waals surface area contributed by atoms with E-state index in [4.69, 9.17) is 5.39 Å². The lowest BCUT2D eigenvalue weighted by Crippen LogP contribution is -2.07. The summed E-state index contributed by atoms with van der Waals surface area (Å²) in [6.45, 7) is 3.39. The highest BCUT2D eigenvalue weighted by Gasteiger charge is 2.16. The van der Waals surface area contributed by atoms with Crippen molar-refractivity contribution in [2.75, 3.05) is 11.1 Å². The molecule has 1 aromatic heterocycles. The summed E-state index contributed by atoms with van der Waals surface area (Å²) < 4.78 is 0. The number of rotatable bonds is 3. The third kappa shape index (κ3) is 3.22. The van der Waals surface area contributed by atoms with Crippen molar-refractivity contribution in [1.82, 2.24) is 4.98 Å². The molecular formula is C9H11N4OS+. The summed E-state index contributed by atoms with van der Waals surface area (Å²) >= 11 is 1.45. The summed E-state index contributed by atoms with van der Waals surface area (Å²) in [5.41, 5.74) is 0.413. The van der Waals surface area contributed by atoms with Crippen LogP contribution in [0, 0.1) is 5.39 Å². The smallest absolute Gasteiger partial charge is 0.311 e. The van der Waals surface area contributed by atoms with Crippen LogP contribution in [0.15, 0.2) is 17.2 Å². The van der Waals surface area contributed by atoms with Crippen LogP contribution in [0.2, 0.25) is 0 Å². The van der Waals surface area contributed by atoms with E-state index in [1.54, 1.807) is 12.1 Å². The maximum Gasteiger partial charge on any atom is 0.416 e. The Hall–Kier alpha value is -1.61. The van der Waals surface area contributed by atoms with Gasteiger partial charge < -0.3 is 5.32 Å². The monoisotopic (exact) mass is 223 g/mol. The SMILES string of the molecule is CCSc1nc(NC(C)=O)ccc1[N+]#N. The van der Waals surface area contributed by atoms with Crippen molar-refractivity contribution in [2.45, 2.75) is 18.9 Å². The van der Waals surface area contributed by atoms with Crippen LogP contribution in [-0.2, 0) is 4.79 Å². The number of hydrogen-bond donors (Lipinski definition) is 1. The number of hydrogen-bond acceptors (Lipinski definition) is 4. The minimum atomic E-state index is -0.177. The maximum atomic E-state index is 10.8. The lowest BCUT2D eigenvalue weighted by Gasteiger charge is -2.00. The number of amides is 1. The molecule has 0 bridgehead atoms. The van der Waals surface area contributed by atoms with Crippen LogP contribution in [0.1, 0.15) is 13.8 Å². The highest BCUT2D eigenvalue weighted by molar-refractivity contribution is 7.99. The molecule has 0 aliphatic rings. The van der Waals surface area contributed by atoms with Crippen LogP contribution in [0.5, 0.6) is 0 Å². The third-order valence-corrected chi connectivity index (χ3v) is 2.40. The van der Waals surface area contributed by atoms with E-state index in [2.05, 4.69) is 15.3 Å². The maximum absolute atomic E-state index is 10.8. The van der Waals surface area contributed by atoms with Crippen molar-refractivity contribution in [3.8, 4) is 0 Å². The molecule has 0 atom stereocenters. The third-order valence-electron chi connectivity index (χ3n) is 1.53. The summed E-state index contributed by atoms with van der Waals surface area (Å²) in [4.78, 5) is 18.1. The summed E-state index contributed by atoms with van der Waals surface area (Å²) in [7, 11) is 0. The fourth-order valence-corrected chi connectivity index (χ4v) is 1.70. The van der Waals surface area contributed by atoms with Gasteiger partial charge >= 0.3 is 5.69 Å². The first-order valence-corrected chi connectivity index (χ1v) is 5.42. The van der Waals surface area contributed by atoms with Crippen molar-refractivity contribution in [3.63, 3.8) is 0 Å². The van der Waals surface area contributed by atoms with Gasteiger partial charge in [-0.3, -0.25) is 4.79 Å². The van der Waals surface area contributed by atoms with E-state index in [0.29, 0.717) is 16.5 Å². The molecule has 0 aliphatic heterocycles. The average Bonchev–Trinajstić information content (AvgIpc) is 2.18. The van der Waals surface area contributed by atoms with Crippen molar-refractivity contribution in [3.05, 3.63) is 17.1 Å². The largest absolute Gasteiger partial charge is 0.416 e. The topological polar surface area (TPSA) is 70.1 Å². The Labute approximate surface area is 91.9 Å². The minimum Gasteiger partial charge on any atom is -0.311 e. The molecule has 0 saturated heterocycles. The lowest BCUT2D eigenvalue weighted by atomic mass is 10.4. The molecule has 0 saturated carbocycles. The van der Waals surface area contributed by atoms with E-state index in [9.17, 15) is 4.79 Å². The first kappa shape index (κ1) is 11.5. The second-order valence-electron chi connectivity index (χ2n) is 2.73. The molecule has 0 aliphatic carbocycles. The average molecular weight is 223 g/mol. The zero-order valence-corrected chi connectivity index (χ0v) is 9.34. The number of nitrogens with zero attached hydrogens (tertiary/aromatic N) is 3. The van der Waals surface area contributed by atoms with Gasteiger partial charge in [-0.15, -0.1) is 0 Å². The zero-order chi connectivity index (χ0) is 11.3. The first-order valence-electron chi connectivity index (χ1n) is 4.44. The lowest BCUT2D eigenvalue weighted by molar-refractivity contribution is -0.114. The van der Waals surface area contributed by atoms with E-state index in [-0.39, 0.29) is 5.91 Å². The molecule has 78 valence electrons. The van der Waals surface area contributed by atoms with Crippen LogP contribution in [0.4, 0.5) is 11.5 Å². The highest BCUT2D eigenvalue weighted by atomic mass is 32.2. The van der Waals surface area contributed by atoms with Gasteiger partial charge in [-0.05, 0) is 11.8 Å². The fraction of sp³-hybridized carbons (Fsp3) is 0.333. The van der Waals surface area contributed by atoms with E-state index in [0.717, 1.165) is 5.75 Å². The molecule has 6 heteroatoms. The number of nitrogens with one attached hydrogen (secondary N) is 1. The molecule has 0 spiro atoms. The molecular weight excluding hydrogens is 212 g/mol. The molecule has 15 heavy (non-hydrogen) atoms. The Morgan fingerprint density at radius 2 is 2.40 bits per heavy atom. The molecule has 1 rings (SSSR count). The van der Waals surface area contributed by atoms with Gasteiger partial charge in [-0.2, -0.15) is 0 Å². The standard InChI is InChI=1S/C9H10N4OS/c1-3-15-9-7(13-10)4-5-8(12-9)11-6(2)14/h4-5H,3H2,1-2H3/p+1. The molecule has 0 aromatic carbocycles. The molecule has 1 N–H and O–H groups in total. The molecule has 0 fully saturated rings. The van der Waals surface area contributed by atoms with Gasteiger partial charge in [0.15, 0.2) is 10.0 Å². The number of pyridine rings is 1. The van der Waals surface area contributed by atoms with Gasteiger partial charge in [0.05, 0.1) is 0 Å². The van der Waals surface area contributed by atoms with Gasteiger partial charge in [-0.25, -0.2) is 4.98 Å². The Morgan fingerprint density at radius 1 is 1.67 bits per heavy atom. The van der Waals surface area contributed by atoms with Gasteiger partial charge in [-0.1, -0.05) is 18.7 Å². The van der Waals surface area contributed by atoms with Crippen molar-refractivity contribution < 1.29 is 4.79 Å². The van der Waals surface area contributed by atoms with Crippen LogP contribution >= 0.6 is 11.8 Å². The predicted octanol–water partition coefficient (Wildman–Crippen LogP) is 2.64. The Balaban J connectivity index is 3.00. The molecule has 1 aromatic rings. The number of thioether (sulfide) groups is 1. The van der Waals surface area contributed by atoms with Gasteiger partial charge in [0.2, 0.25) is 11.3 Å². The van der Waals surface area contributed by atoms with Crippen LogP contribution in [0.25, 0.3) is 4.98 Å². The zero-order valence-electron chi connectivity index (χ0n) is 8.52. The molecule has 0 radical (unpaired) electrons. The van der Waals surface area contributed by atoms with Gasteiger partial charge in [0.25, 0.3) is 0 Å². The summed E-state index contributed by atoms with van der Waals surface area (Å²) in [5.74, 6) is 1.11. The number of carbonyl (C=O) groups is 1. The number of diazo groups is 1. The van der Waals surface area contributed by atoms with Crippen LogP contribution in [0.3, 0.4) is 0 Å². The minimum absolute atomic E-state index is 0.177. The van der Waals surface area contributed by atoms with Crippen LogP contribution in [-0.4, -0.2) is 16.6 Å².